The molecule has 8 atom stereocenters. The fraction of sp³-hybridized carbons (Fsp3) is 0.800. The molecule has 3 nitrogen and oxygen atoms in total. The maximum absolute atomic E-state index is 12.1. The van der Waals surface area contributed by atoms with Crippen molar-refractivity contribution in [3.05, 3.63) is 23.8 Å². The number of hydrogen-bond acceptors (Lipinski definition) is 2. The van der Waals surface area contributed by atoms with E-state index in [9.17, 15) is 9.90 Å². The topological polar surface area (TPSA) is 49.3 Å². The third-order valence-corrected chi connectivity index (χ3v) is 10.1. The molecule has 0 spiro atoms. The molecule has 0 aromatic carbocycles. The minimum atomic E-state index is -0.122. The number of rotatable bonds is 1. The van der Waals surface area contributed by atoms with E-state index in [0.717, 1.165) is 43.4 Å². The number of carbonyl (C=O) groups is 1. The normalized spacial score (nSPS) is 52.9. The maximum atomic E-state index is 12.1. The van der Waals surface area contributed by atoms with E-state index in [-0.39, 0.29) is 17.6 Å². The van der Waals surface area contributed by atoms with E-state index in [2.05, 4.69) is 38.2 Å². The van der Waals surface area contributed by atoms with Crippen LogP contribution < -0.4 is 5.32 Å². The summed E-state index contributed by atoms with van der Waals surface area (Å²) in [6, 6.07) is 0. The molecule has 3 saturated carbocycles. The highest BCUT2D eigenvalue weighted by molar-refractivity contribution is 5.89. The average Bonchev–Trinajstić information content (AvgIpc) is 3.00. The molecular weight excluding hydrogens is 346 g/mol. The Kier molecular flexibility index (Phi) is 4.19. The van der Waals surface area contributed by atoms with E-state index in [1.54, 1.807) is 11.6 Å². The summed E-state index contributed by atoms with van der Waals surface area (Å²) in [5.74, 6) is 3.01. The van der Waals surface area contributed by atoms with Crippen molar-refractivity contribution in [3.63, 3.8) is 0 Å². The highest BCUT2D eigenvalue weighted by Gasteiger charge is 2.61. The van der Waals surface area contributed by atoms with Gasteiger partial charge in [0, 0.05) is 5.54 Å². The first kappa shape index (κ1) is 18.9. The zero-order valence-electron chi connectivity index (χ0n) is 17.8. The van der Waals surface area contributed by atoms with Gasteiger partial charge in [0.2, 0.25) is 5.91 Å². The summed E-state index contributed by atoms with van der Waals surface area (Å²) >= 11 is 0. The van der Waals surface area contributed by atoms with Crippen LogP contribution in [0.1, 0.15) is 78.6 Å². The van der Waals surface area contributed by atoms with E-state index < -0.39 is 0 Å². The van der Waals surface area contributed by atoms with E-state index >= 15 is 0 Å². The van der Waals surface area contributed by atoms with Crippen LogP contribution in [0.15, 0.2) is 23.8 Å². The molecule has 0 aromatic rings. The monoisotopic (exact) mass is 383 g/mol. The number of hydrogen-bond donors (Lipinski definition) is 2. The fourth-order valence-electron chi connectivity index (χ4n) is 8.70. The number of carbonyl (C=O) groups excluding carboxylic acids is 1. The van der Waals surface area contributed by atoms with Gasteiger partial charge >= 0.3 is 0 Å². The summed E-state index contributed by atoms with van der Waals surface area (Å²) < 4.78 is 0. The van der Waals surface area contributed by atoms with Gasteiger partial charge in [0.25, 0.3) is 0 Å². The van der Waals surface area contributed by atoms with Crippen LogP contribution in [0.3, 0.4) is 0 Å². The Morgan fingerprint density at radius 2 is 1.89 bits per heavy atom. The minimum Gasteiger partial charge on any atom is -0.393 e. The first-order valence-corrected chi connectivity index (χ1v) is 11.6. The summed E-state index contributed by atoms with van der Waals surface area (Å²) in [4.78, 5) is 12.1. The Morgan fingerprint density at radius 3 is 2.68 bits per heavy atom. The highest BCUT2D eigenvalue weighted by atomic mass is 16.3. The molecule has 3 fully saturated rings. The van der Waals surface area contributed by atoms with Crippen LogP contribution in [0.2, 0.25) is 0 Å². The smallest absolute Gasteiger partial charge is 0.244 e. The molecule has 0 unspecified atom stereocenters. The third kappa shape index (κ3) is 2.54. The Morgan fingerprint density at radius 1 is 1.07 bits per heavy atom. The molecule has 5 aliphatic rings. The zero-order valence-corrected chi connectivity index (χ0v) is 17.8. The number of aliphatic hydroxyl groups excluding tert-OH is 1. The molecule has 1 amide bonds. The maximum Gasteiger partial charge on any atom is 0.244 e. The second-order valence-electron chi connectivity index (χ2n) is 11.3. The lowest BCUT2D eigenvalue weighted by Gasteiger charge is -2.59. The Hall–Kier alpha value is -1.09. The van der Waals surface area contributed by atoms with Crippen LogP contribution in [-0.2, 0) is 4.79 Å². The lowest BCUT2D eigenvalue weighted by molar-refractivity contribution is -0.121. The van der Waals surface area contributed by atoms with Gasteiger partial charge in [-0.05, 0) is 105 Å². The lowest BCUT2D eigenvalue weighted by Crippen LogP contribution is -2.58. The van der Waals surface area contributed by atoms with E-state index in [1.165, 1.54) is 32.1 Å². The van der Waals surface area contributed by atoms with Crippen LogP contribution in [-0.4, -0.2) is 22.7 Å². The van der Waals surface area contributed by atoms with Crippen molar-refractivity contribution in [2.45, 2.75) is 90.2 Å². The number of nitrogens with one attached hydrogen (secondary N) is 1. The number of aliphatic hydroxyl groups is 1. The Labute approximate surface area is 170 Å². The van der Waals surface area contributed by atoms with Gasteiger partial charge in [-0.2, -0.15) is 0 Å². The van der Waals surface area contributed by atoms with Gasteiger partial charge in [-0.15, -0.1) is 0 Å². The van der Waals surface area contributed by atoms with Gasteiger partial charge in [-0.3, -0.25) is 4.79 Å². The summed E-state index contributed by atoms with van der Waals surface area (Å²) in [7, 11) is 0. The molecule has 0 bridgehead atoms. The second kappa shape index (κ2) is 6.20. The van der Waals surface area contributed by atoms with Crippen molar-refractivity contribution < 1.29 is 9.90 Å². The Balaban J connectivity index is 1.44. The highest BCUT2D eigenvalue weighted by Crippen LogP contribution is 2.67. The largest absolute Gasteiger partial charge is 0.393 e. The minimum absolute atomic E-state index is 0.0866. The molecule has 4 aliphatic carbocycles. The predicted octanol–water partition coefficient (Wildman–Crippen LogP) is 4.76. The first-order valence-electron chi connectivity index (χ1n) is 11.6. The van der Waals surface area contributed by atoms with Crippen molar-refractivity contribution in [3.8, 4) is 0 Å². The molecule has 0 aromatic heterocycles. The molecule has 1 heterocycles. The summed E-state index contributed by atoms with van der Waals surface area (Å²) in [5, 5.41) is 13.6. The number of amides is 1. The van der Waals surface area contributed by atoms with Crippen molar-refractivity contribution in [1.29, 1.82) is 0 Å². The standard InChI is InChI=1S/C25H37NO2/c1-23-13-10-17(27)15-16(23)6-7-18-19-8-9-21(24(19,2)14-11-20(18)23)25(3)12-4-5-22(28)26-25/h4-6,17-21,27H,7-15H2,1-3H3,(H,26,28)/t17-,18-,19-,20-,21-,23-,24-,25-/m0/s1. The molecule has 28 heavy (non-hydrogen) atoms. The average molecular weight is 384 g/mol. The van der Waals surface area contributed by atoms with Gasteiger partial charge in [0.05, 0.1) is 6.10 Å². The van der Waals surface area contributed by atoms with E-state index in [1.807, 2.05) is 0 Å². The van der Waals surface area contributed by atoms with Gasteiger partial charge in [0.15, 0.2) is 0 Å². The van der Waals surface area contributed by atoms with Gasteiger partial charge < -0.3 is 10.4 Å². The molecule has 2 N–H and O–H groups in total. The summed E-state index contributed by atoms with van der Waals surface area (Å²) in [6.07, 6.45) is 16.6. The van der Waals surface area contributed by atoms with Crippen LogP contribution >= 0.6 is 0 Å². The summed E-state index contributed by atoms with van der Waals surface area (Å²) in [5.41, 5.74) is 2.12. The third-order valence-electron chi connectivity index (χ3n) is 10.1. The predicted molar refractivity (Wildman–Crippen MR) is 112 cm³/mol. The molecule has 154 valence electrons. The van der Waals surface area contributed by atoms with Crippen molar-refractivity contribution >= 4 is 5.91 Å². The molecule has 0 saturated heterocycles. The molecule has 3 heteroatoms. The molecule has 0 radical (unpaired) electrons. The lowest BCUT2D eigenvalue weighted by atomic mass is 9.46. The van der Waals surface area contributed by atoms with Gasteiger partial charge in [-0.25, -0.2) is 0 Å². The van der Waals surface area contributed by atoms with Crippen LogP contribution in [0.4, 0.5) is 0 Å². The van der Waals surface area contributed by atoms with Crippen molar-refractivity contribution in [1.82, 2.24) is 5.32 Å². The van der Waals surface area contributed by atoms with Crippen LogP contribution in [0.25, 0.3) is 0 Å². The Bertz CT molecular complexity index is 741. The second-order valence-corrected chi connectivity index (χ2v) is 11.3. The van der Waals surface area contributed by atoms with Crippen molar-refractivity contribution in [2.75, 3.05) is 0 Å². The van der Waals surface area contributed by atoms with Crippen LogP contribution in [0, 0.1) is 34.5 Å². The number of fused-ring (bicyclic) bond motifs is 5. The van der Waals surface area contributed by atoms with Gasteiger partial charge in [-0.1, -0.05) is 31.6 Å². The summed E-state index contributed by atoms with van der Waals surface area (Å²) in [6.45, 7) is 7.35. The SMILES string of the molecule is C[C@]12CC[C@H]3[C@@H](CC=C4C[C@@H](O)CC[C@@]43C)[C@@H]1CC[C@@H]2[C@]1(C)CC=CC(=O)N1. The fourth-order valence-corrected chi connectivity index (χ4v) is 8.70. The first-order chi connectivity index (χ1) is 13.3. The van der Waals surface area contributed by atoms with Crippen molar-refractivity contribution in [2.24, 2.45) is 34.5 Å². The van der Waals surface area contributed by atoms with E-state index in [0.29, 0.717) is 16.7 Å². The van der Waals surface area contributed by atoms with E-state index in [4.69, 9.17) is 0 Å². The molecule has 5 rings (SSSR count). The quantitative estimate of drug-likeness (QED) is 0.641. The molecule has 1 aliphatic heterocycles. The molecular formula is C25H37NO2. The van der Waals surface area contributed by atoms with Gasteiger partial charge in [0.1, 0.15) is 0 Å². The van der Waals surface area contributed by atoms with Crippen LogP contribution in [0.5, 0.6) is 0 Å². The number of allylic oxidation sites excluding steroid dienone is 1. The zero-order chi connectivity index (χ0) is 19.7.